The Morgan fingerprint density at radius 3 is 1.90 bits per heavy atom. The van der Waals surface area contributed by atoms with Crippen molar-refractivity contribution < 1.29 is 22.0 Å². The lowest BCUT2D eigenvalue weighted by Crippen LogP contribution is -2.20. The quantitative estimate of drug-likeness (QED) is 0.625. The molecule has 0 aliphatic heterocycles. The predicted octanol–water partition coefficient (Wildman–Crippen LogP) is 4.45. The molecule has 0 bridgehead atoms. The summed E-state index contributed by atoms with van der Waals surface area (Å²) in [6, 6.07) is 2.93. The standard InChI is InChI=1S/C14H9BrF5N/c1-21-14(6-2-4-8(16)12(19)10(6)15)7-3-5-9(17)13(20)11(7)18/h2-5,14,21H,1H3. The molecule has 0 aliphatic carbocycles. The molecule has 2 aromatic carbocycles. The molecule has 1 N–H and O–H groups in total. The molecule has 1 nitrogen and oxygen atoms in total. The number of hydrogen-bond acceptors (Lipinski definition) is 1. The first kappa shape index (κ1) is 15.9. The van der Waals surface area contributed by atoms with Gasteiger partial charge in [0.05, 0.1) is 10.5 Å². The van der Waals surface area contributed by atoms with Crippen LogP contribution in [0.1, 0.15) is 17.2 Å². The normalized spacial score (nSPS) is 12.5. The van der Waals surface area contributed by atoms with Gasteiger partial charge in [-0.3, -0.25) is 0 Å². The van der Waals surface area contributed by atoms with E-state index in [-0.39, 0.29) is 15.6 Å². The minimum absolute atomic E-state index is 0.154. The van der Waals surface area contributed by atoms with Gasteiger partial charge in [0.15, 0.2) is 29.1 Å². The molecule has 1 atom stereocenters. The van der Waals surface area contributed by atoms with Crippen LogP contribution in [-0.4, -0.2) is 7.05 Å². The minimum atomic E-state index is -1.62. The molecule has 0 saturated carbocycles. The number of hydrogen-bond donors (Lipinski definition) is 1. The Morgan fingerprint density at radius 2 is 1.33 bits per heavy atom. The monoisotopic (exact) mass is 365 g/mol. The smallest absolute Gasteiger partial charge is 0.194 e. The largest absolute Gasteiger partial charge is 0.309 e. The van der Waals surface area contributed by atoms with Gasteiger partial charge in [0.1, 0.15) is 0 Å². The first-order valence-electron chi connectivity index (χ1n) is 5.82. The zero-order valence-electron chi connectivity index (χ0n) is 10.7. The highest BCUT2D eigenvalue weighted by Gasteiger charge is 2.24. The van der Waals surface area contributed by atoms with Gasteiger partial charge in [-0.1, -0.05) is 12.1 Å². The first-order valence-corrected chi connectivity index (χ1v) is 6.61. The van der Waals surface area contributed by atoms with Crippen LogP contribution in [0.5, 0.6) is 0 Å². The molecule has 0 aromatic heterocycles. The van der Waals surface area contributed by atoms with E-state index < -0.39 is 35.1 Å². The molecule has 7 heteroatoms. The van der Waals surface area contributed by atoms with Gasteiger partial charge in [-0.2, -0.15) is 0 Å². The van der Waals surface area contributed by atoms with E-state index in [4.69, 9.17) is 0 Å². The van der Waals surface area contributed by atoms with Gasteiger partial charge in [-0.15, -0.1) is 0 Å². The maximum Gasteiger partial charge on any atom is 0.194 e. The van der Waals surface area contributed by atoms with Crippen LogP contribution in [-0.2, 0) is 0 Å². The first-order chi connectivity index (χ1) is 9.88. The van der Waals surface area contributed by atoms with Crippen molar-refractivity contribution in [2.45, 2.75) is 6.04 Å². The Morgan fingerprint density at radius 1 is 0.810 bits per heavy atom. The van der Waals surface area contributed by atoms with E-state index in [1.165, 1.54) is 13.1 Å². The van der Waals surface area contributed by atoms with Crippen LogP contribution in [0.2, 0.25) is 0 Å². The fourth-order valence-corrected chi connectivity index (χ4v) is 2.56. The van der Waals surface area contributed by atoms with Crippen LogP contribution in [0.3, 0.4) is 0 Å². The van der Waals surface area contributed by atoms with Gasteiger partial charge in [0.25, 0.3) is 0 Å². The van der Waals surface area contributed by atoms with Crippen LogP contribution < -0.4 is 5.32 Å². The van der Waals surface area contributed by atoms with Gasteiger partial charge in [0, 0.05) is 5.56 Å². The summed E-state index contributed by atoms with van der Waals surface area (Å²) in [4.78, 5) is 0. The van der Waals surface area contributed by atoms with E-state index in [2.05, 4.69) is 21.2 Å². The van der Waals surface area contributed by atoms with Crippen molar-refractivity contribution in [2.24, 2.45) is 0 Å². The Balaban J connectivity index is 2.61. The summed E-state index contributed by atoms with van der Waals surface area (Å²) < 4.78 is 66.6. The Bertz CT molecular complexity index is 632. The highest BCUT2D eigenvalue weighted by molar-refractivity contribution is 9.10. The third-order valence-electron chi connectivity index (χ3n) is 3.04. The average molecular weight is 366 g/mol. The summed E-state index contributed by atoms with van der Waals surface area (Å²) >= 11 is 2.88. The maximum atomic E-state index is 13.9. The number of rotatable bonds is 3. The lowest BCUT2D eigenvalue weighted by Gasteiger charge is -2.20. The fraction of sp³-hybridized carbons (Fsp3) is 0.143. The molecule has 0 fully saturated rings. The van der Waals surface area contributed by atoms with E-state index in [1.807, 2.05) is 0 Å². The van der Waals surface area contributed by atoms with E-state index in [0.717, 1.165) is 18.2 Å². The summed E-state index contributed by atoms with van der Waals surface area (Å²) in [6.45, 7) is 0. The van der Waals surface area contributed by atoms with Crippen molar-refractivity contribution in [1.82, 2.24) is 5.32 Å². The zero-order chi connectivity index (χ0) is 15.7. The van der Waals surface area contributed by atoms with Crippen molar-refractivity contribution in [1.29, 1.82) is 0 Å². The summed E-state index contributed by atoms with van der Waals surface area (Å²) in [7, 11) is 1.43. The Kier molecular flexibility index (Phi) is 4.63. The molecule has 112 valence electrons. The van der Waals surface area contributed by atoms with Crippen molar-refractivity contribution >= 4 is 15.9 Å². The van der Waals surface area contributed by atoms with Crippen molar-refractivity contribution in [2.75, 3.05) is 7.05 Å². The van der Waals surface area contributed by atoms with E-state index in [1.54, 1.807) is 0 Å². The summed E-state index contributed by atoms with van der Waals surface area (Å²) in [5.74, 6) is -6.55. The lowest BCUT2D eigenvalue weighted by molar-refractivity contribution is 0.434. The number of nitrogens with one attached hydrogen (secondary N) is 1. The predicted molar refractivity (Wildman–Crippen MR) is 71.3 cm³/mol. The lowest BCUT2D eigenvalue weighted by atomic mass is 9.98. The van der Waals surface area contributed by atoms with Gasteiger partial charge >= 0.3 is 0 Å². The van der Waals surface area contributed by atoms with E-state index in [0.29, 0.717) is 0 Å². The molecule has 0 saturated heterocycles. The summed E-state index contributed by atoms with van der Waals surface area (Å²) in [5, 5.41) is 2.66. The average Bonchev–Trinajstić information content (AvgIpc) is 2.47. The van der Waals surface area contributed by atoms with Crippen molar-refractivity contribution in [3.8, 4) is 0 Å². The molecule has 0 radical (unpaired) electrons. The third kappa shape index (κ3) is 2.80. The van der Waals surface area contributed by atoms with E-state index >= 15 is 0 Å². The number of halogens is 6. The van der Waals surface area contributed by atoms with Crippen LogP contribution in [0.25, 0.3) is 0 Å². The molecular formula is C14H9BrF5N. The second kappa shape index (κ2) is 6.11. The van der Waals surface area contributed by atoms with Gasteiger partial charge in [0.2, 0.25) is 0 Å². The Labute approximate surface area is 125 Å². The summed E-state index contributed by atoms with van der Waals surface area (Å²) in [5.41, 5.74) is -0.0654. The van der Waals surface area contributed by atoms with Gasteiger partial charge < -0.3 is 5.32 Å². The highest BCUT2D eigenvalue weighted by Crippen LogP contribution is 2.33. The molecule has 2 aromatic rings. The van der Waals surface area contributed by atoms with Gasteiger partial charge in [-0.25, -0.2) is 22.0 Å². The SMILES string of the molecule is CNC(c1ccc(F)c(F)c1F)c1ccc(F)c(F)c1Br. The second-order valence-electron chi connectivity index (χ2n) is 4.25. The zero-order valence-corrected chi connectivity index (χ0v) is 12.2. The van der Waals surface area contributed by atoms with Gasteiger partial charge in [-0.05, 0) is 40.7 Å². The molecule has 0 aliphatic rings. The molecule has 1 unspecified atom stereocenters. The van der Waals surface area contributed by atoms with Crippen LogP contribution in [0.15, 0.2) is 28.7 Å². The fourth-order valence-electron chi connectivity index (χ4n) is 2.01. The molecule has 0 amide bonds. The Hall–Kier alpha value is -1.47. The second-order valence-corrected chi connectivity index (χ2v) is 5.04. The van der Waals surface area contributed by atoms with Crippen LogP contribution in [0.4, 0.5) is 22.0 Å². The maximum absolute atomic E-state index is 13.9. The third-order valence-corrected chi connectivity index (χ3v) is 3.85. The molecule has 2 rings (SSSR count). The molecule has 0 heterocycles. The van der Waals surface area contributed by atoms with Crippen molar-refractivity contribution in [3.05, 3.63) is 69.0 Å². The topological polar surface area (TPSA) is 12.0 Å². The molecule has 0 spiro atoms. The number of benzene rings is 2. The molecule has 21 heavy (non-hydrogen) atoms. The van der Waals surface area contributed by atoms with Crippen LogP contribution >= 0.6 is 15.9 Å². The highest BCUT2D eigenvalue weighted by atomic mass is 79.9. The minimum Gasteiger partial charge on any atom is -0.309 e. The summed E-state index contributed by atoms with van der Waals surface area (Å²) in [6.07, 6.45) is 0. The molecular weight excluding hydrogens is 357 g/mol. The van der Waals surface area contributed by atoms with E-state index in [9.17, 15) is 22.0 Å². The van der Waals surface area contributed by atoms with Crippen LogP contribution in [0, 0.1) is 29.1 Å². The van der Waals surface area contributed by atoms with Crippen molar-refractivity contribution in [3.63, 3.8) is 0 Å².